The molecule has 0 radical (unpaired) electrons. The first-order chi connectivity index (χ1) is 23.0. The SMILES string of the molecule is CC/C=C/C/C=C/C/C=C/C/C=C/C/C=C/CCCC(=O)OC[C@@H](COP(=O)([O-])OCC[N+](C)(C)C)OC(=O)CCCCCCCCC. The first-order valence-electron chi connectivity index (χ1n) is 18.0. The lowest BCUT2D eigenvalue weighted by atomic mass is 10.1. The third kappa shape index (κ3) is 33.6. The predicted molar refractivity (Wildman–Crippen MR) is 194 cm³/mol. The normalized spacial score (nSPS) is 14.5. The van der Waals surface area contributed by atoms with Gasteiger partial charge in [0.15, 0.2) is 6.10 Å². The van der Waals surface area contributed by atoms with Crippen LogP contribution in [0.1, 0.15) is 117 Å². The van der Waals surface area contributed by atoms with Crippen molar-refractivity contribution in [1.82, 2.24) is 0 Å². The van der Waals surface area contributed by atoms with Crippen molar-refractivity contribution in [2.24, 2.45) is 0 Å². The molecule has 0 bridgehead atoms. The summed E-state index contributed by atoms with van der Waals surface area (Å²) < 4.78 is 33.5. The minimum absolute atomic E-state index is 0.0418. The lowest BCUT2D eigenvalue weighted by molar-refractivity contribution is -0.870. The summed E-state index contributed by atoms with van der Waals surface area (Å²) in [5.74, 6) is -0.918. The molecule has 276 valence electrons. The van der Waals surface area contributed by atoms with Crippen LogP contribution in [0.5, 0.6) is 0 Å². The van der Waals surface area contributed by atoms with Crippen molar-refractivity contribution in [2.75, 3.05) is 47.5 Å². The Hall–Kier alpha value is -2.29. The van der Waals surface area contributed by atoms with E-state index in [0.717, 1.165) is 57.8 Å². The molecular formula is C38H66NO8P. The lowest BCUT2D eigenvalue weighted by Crippen LogP contribution is -2.37. The predicted octanol–water partition coefficient (Wildman–Crippen LogP) is 8.71. The number of hydrogen-bond acceptors (Lipinski definition) is 8. The third-order valence-electron chi connectivity index (χ3n) is 7.05. The van der Waals surface area contributed by atoms with E-state index in [1.165, 1.54) is 19.3 Å². The molecule has 10 heteroatoms. The van der Waals surface area contributed by atoms with E-state index < -0.39 is 32.5 Å². The number of carbonyl (C=O) groups is 2. The number of phosphoric acid groups is 1. The first kappa shape index (κ1) is 45.7. The molecule has 2 atom stereocenters. The number of hydrogen-bond donors (Lipinski definition) is 0. The monoisotopic (exact) mass is 695 g/mol. The van der Waals surface area contributed by atoms with Crippen LogP contribution in [0.25, 0.3) is 0 Å². The van der Waals surface area contributed by atoms with Crippen molar-refractivity contribution in [2.45, 2.75) is 123 Å². The molecule has 0 aliphatic heterocycles. The fourth-order valence-electron chi connectivity index (χ4n) is 4.22. The number of rotatable bonds is 31. The van der Waals surface area contributed by atoms with Gasteiger partial charge in [-0.2, -0.15) is 0 Å². The molecule has 0 saturated heterocycles. The summed E-state index contributed by atoms with van der Waals surface area (Å²) in [5.41, 5.74) is 0. The summed E-state index contributed by atoms with van der Waals surface area (Å²) in [4.78, 5) is 37.1. The van der Waals surface area contributed by atoms with Crippen LogP contribution in [0.4, 0.5) is 0 Å². The fraction of sp³-hybridized carbons (Fsp3) is 0.684. The smallest absolute Gasteiger partial charge is 0.306 e. The summed E-state index contributed by atoms with van der Waals surface area (Å²) in [5, 5.41) is 0. The topological polar surface area (TPSA) is 111 Å². The number of quaternary nitrogens is 1. The van der Waals surface area contributed by atoms with E-state index in [1.807, 2.05) is 27.2 Å². The van der Waals surface area contributed by atoms with Gasteiger partial charge in [0.1, 0.15) is 19.8 Å². The minimum atomic E-state index is -4.62. The molecule has 0 aromatic heterocycles. The van der Waals surface area contributed by atoms with E-state index in [0.29, 0.717) is 23.9 Å². The zero-order valence-electron chi connectivity index (χ0n) is 30.7. The summed E-state index contributed by atoms with van der Waals surface area (Å²) in [6.07, 6.45) is 34.2. The number of nitrogens with zero attached hydrogens (tertiary/aromatic N) is 1. The van der Waals surface area contributed by atoms with Gasteiger partial charge in [0, 0.05) is 12.8 Å². The molecule has 0 aliphatic carbocycles. The number of phosphoric ester groups is 1. The lowest BCUT2D eigenvalue weighted by Gasteiger charge is -2.28. The van der Waals surface area contributed by atoms with Gasteiger partial charge in [-0.1, -0.05) is 113 Å². The molecule has 0 spiro atoms. The highest BCUT2D eigenvalue weighted by Crippen LogP contribution is 2.38. The van der Waals surface area contributed by atoms with Crippen molar-refractivity contribution in [1.29, 1.82) is 0 Å². The standard InChI is InChI=1S/C38H66NO8P/c1-6-8-10-12-14-15-16-17-18-19-20-21-22-23-25-26-28-30-37(40)44-34-36(35-46-48(42,43)45-33-32-39(3,4)5)47-38(41)31-29-27-24-13-11-9-7-2/h8,10,14-15,17-18,20-21,23,25,36H,6-7,9,11-13,16,19,22,24,26-35H2,1-5H3/b10-8+,15-14+,18-17+,21-20+,25-23+/t36-/m0/s1. The van der Waals surface area contributed by atoms with Gasteiger partial charge in [0.05, 0.1) is 27.7 Å². The molecule has 0 fully saturated rings. The Kier molecular flexibility index (Phi) is 29.3. The van der Waals surface area contributed by atoms with Gasteiger partial charge in [-0.15, -0.1) is 0 Å². The van der Waals surface area contributed by atoms with Crippen LogP contribution >= 0.6 is 7.82 Å². The average Bonchev–Trinajstić information content (AvgIpc) is 3.02. The van der Waals surface area contributed by atoms with Crippen molar-refractivity contribution < 1.29 is 42.1 Å². The highest BCUT2D eigenvalue weighted by Gasteiger charge is 2.21. The van der Waals surface area contributed by atoms with Crippen molar-refractivity contribution in [3.63, 3.8) is 0 Å². The second kappa shape index (κ2) is 30.7. The van der Waals surface area contributed by atoms with Crippen molar-refractivity contribution in [3.8, 4) is 0 Å². The Morgan fingerprint density at radius 1 is 0.667 bits per heavy atom. The van der Waals surface area contributed by atoms with E-state index in [2.05, 4.69) is 68.5 Å². The fourth-order valence-corrected chi connectivity index (χ4v) is 4.95. The number of allylic oxidation sites excluding steroid dienone is 10. The second-order valence-corrected chi connectivity index (χ2v) is 14.3. The molecule has 0 aromatic carbocycles. The summed E-state index contributed by atoms with van der Waals surface area (Å²) >= 11 is 0. The number of unbranched alkanes of at least 4 members (excludes halogenated alkanes) is 7. The highest BCUT2D eigenvalue weighted by atomic mass is 31.2. The van der Waals surface area contributed by atoms with Crippen LogP contribution in [0.2, 0.25) is 0 Å². The number of ether oxygens (including phenoxy) is 2. The van der Waals surface area contributed by atoms with E-state index in [9.17, 15) is 19.0 Å². The number of likely N-dealkylation sites (N-methyl/N-ethyl adjacent to an activating group) is 1. The molecule has 0 N–H and O–H groups in total. The maximum Gasteiger partial charge on any atom is 0.306 e. The van der Waals surface area contributed by atoms with Crippen LogP contribution in [-0.4, -0.2) is 70.0 Å². The van der Waals surface area contributed by atoms with Gasteiger partial charge in [-0.05, 0) is 51.4 Å². The van der Waals surface area contributed by atoms with Gasteiger partial charge in [0.2, 0.25) is 0 Å². The molecule has 0 aromatic rings. The van der Waals surface area contributed by atoms with Gasteiger partial charge in [0.25, 0.3) is 7.82 Å². The Bertz CT molecular complexity index is 1010. The van der Waals surface area contributed by atoms with Gasteiger partial charge in [-0.25, -0.2) is 0 Å². The van der Waals surface area contributed by atoms with Gasteiger partial charge in [-0.3, -0.25) is 14.2 Å². The quantitative estimate of drug-likeness (QED) is 0.0233. The minimum Gasteiger partial charge on any atom is -0.756 e. The average molecular weight is 696 g/mol. The van der Waals surface area contributed by atoms with Crippen LogP contribution < -0.4 is 4.89 Å². The molecule has 0 rings (SSSR count). The molecule has 0 amide bonds. The molecule has 0 aliphatic rings. The van der Waals surface area contributed by atoms with E-state index in [-0.39, 0.29) is 26.1 Å². The Morgan fingerprint density at radius 2 is 1.19 bits per heavy atom. The first-order valence-corrected chi connectivity index (χ1v) is 19.5. The maximum atomic E-state index is 12.5. The van der Waals surface area contributed by atoms with Gasteiger partial charge >= 0.3 is 11.9 Å². The highest BCUT2D eigenvalue weighted by molar-refractivity contribution is 7.45. The Morgan fingerprint density at radius 3 is 1.75 bits per heavy atom. The summed E-state index contributed by atoms with van der Waals surface area (Å²) in [6, 6.07) is 0. The molecule has 1 unspecified atom stereocenters. The molecule has 9 nitrogen and oxygen atoms in total. The van der Waals surface area contributed by atoms with Crippen LogP contribution in [-0.2, 0) is 32.7 Å². The van der Waals surface area contributed by atoms with Crippen LogP contribution in [0, 0.1) is 0 Å². The largest absolute Gasteiger partial charge is 0.756 e. The zero-order chi connectivity index (χ0) is 35.8. The van der Waals surface area contributed by atoms with E-state index >= 15 is 0 Å². The van der Waals surface area contributed by atoms with E-state index in [1.54, 1.807) is 0 Å². The Balaban J connectivity index is 4.50. The molecule has 0 saturated carbocycles. The van der Waals surface area contributed by atoms with Crippen molar-refractivity contribution in [3.05, 3.63) is 60.8 Å². The molecule has 0 heterocycles. The van der Waals surface area contributed by atoms with E-state index in [4.69, 9.17) is 18.5 Å². The number of esters is 2. The molecule has 48 heavy (non-hydrogen) atoms. The number of carbonyl (C=O) groups excluding carboxylic acids is 2. The zero-order valence-corrected chi connectivity index (χ0v) is 31.5. The third-order valence-corrected chi connectivity index (χ3v) is 8.02. The van der Waals surface area contributed by atoms with Crippen molar-refractivity contribution >= 4 is 19.8 Å². The summed E-state index contributed by atoms with van der Waals surface area (Å²) in [7, 11) is 1.12. The maximum absolute atomic E-state index is 12.5. The van der Waals surface area contributed by atoms with Gasteiger partial charge < -0.3 is 27.9 Å². The molecular weight excluding hydrogens is 629 g/mol. The van der Waals surface area contributed by atoms with Crippen LogP contribution in [0.15, 0.2) is 60.8 Å². The second-order valence-electron chi connectivity index (χ2n) is 12.9. The Labute approximate surface area is 292 Å². The van der Waals surface area contributed by atoms with Crippen LogP contribution in [0.3, 0.4) is 0 Å². The summed E-state index contributed by atoms with van der Waals surface area (Å²) in [6.45, 7) is 3.95.